The highest BCUT2D eigenvalue weighted by Gasteiger charge is 2.53. The van der Waals surface area contributed by atoms with Gasteiger partial charge in [0.05, 0.1) is 18.5 Å². The van der Waals surface area contributed by atoms with Gasteiger partial charge < -0.3 is 5.21 Å². The molecule has 0 radical (unpaired) electrons. The van der Waals surface area contributed by atoms with Crippen LogP contribution in [0.25, 0.3) is 0 Å². The van der Waals surface area contributed by atoms with Crippen LogP contribution in [0.1, 0.15) is 51.2 Å². The Hall–Kier alpha value is -1.94. The average Bonchev–Trinajstić information content (AvgIpc) is 2.52. The van der Waals surface area contributed by atoms with Crippen molar-refractivity contribution >= 4 is 11.5 Å². The van der Waals surface area contributed by atoms with E-state index in [0.29, 0.717) is 24.1 Å². The van der Waals surface area contributed by atoms with Crippen molar-refractivity contribution in [1.29, 1.82) is 0 Å². The number of fused-ring (bicyclic) bond motifs is 4. The first-order valence-electron chi connectivity index (χ1n) is 8.78. The zero-order chi connectivity index (χ0) is 17.1. The lowest BCUT2D eigenvalue weighted by atomic mass is 9.67. The second-order valence-corrected chi connectivity index (χ2v) is 8.49. The zero-order valence-electron chi connectivity index (χ0n) is 14.6. The molecule has 24 heavy (non-hydrogen) atoms. The summed E-state index contributed by atoms with van der Waals surface area (Å²) in [6.45, 7) is 7.57. The van der Waals surface area contributed by atoms with Crippen LogP contribution in [0.5, 0.6) is 0 Å². The second kappa shape index (κ2) is 5.03. The summed E-state index contributed by atoms with van der Waals surface area (Å²) in [7, 11) is 0. The summed E-state index contributed by atoms with van der Waals surface area (Å²) in [6.07, 6.45) is 3.06. The SMILES string of the molecule is CC1(C)CC(=O)C2=C(C1)[NH+]1CCc3ccccc3C1(C)CC2=NO. The lowest BCUT2D eigenvalue weighted by Gasteiger charge is -2.49. The van der Waals surface area contributed by atoms with E-state index in [2.05, 4.69) is 50.2 Å². The van der Waals surface area contributed by atoms with Gasteiger partial charge in [0.15, 0.2) is 5.78 Å². The molecule has 1 aromatic rings. The summed E-state index contributed by atoms with van der Waals surface area (Å²) >= 11 is 0. The number of carbonyl (C=O) groups is 1. The summed E-state index contributed by atoms with van der Waals surface area (Å²) in [4.78, 5) is 14.2. The van der Waals surface area contributed by atoms with Crippen molar-refractivity contribution < 1.29 is 14.9 Å². The molecule has 2 N–H and O–H groups in total. The normalized spacial score (nSPS) is 33.0. The zero-order valence-corrected chi connectivity index (χ0v) is 14.6. The summed E-state index contributed by atoms with van der Waals surface area (Å²) in [5.41, 5.74) is 4.97. The number of oxime groups is 1. The van der Waals surface area contributed by atoms with Gasteiger partial charge in [0, 0.05) is 24.8 Å². The highest BCUT2D eigenvalue weighted by Crippen LogP contribution is 2.41. The molecule has 2 aliphatic heterocycles. The largest absolute Gasteiger partial charge is 0.411 e. The number of ketones is 1. The number of hydrogen-bond acceptors (Lipinski definition) is 3. The smallest absolute Gasteiger partial charge is 0.171 e. The quantitative estimate of drug-likeness (QED) is 0.568. The Morgan fingerprint density at radius 3 is 2.62 bits per heavy atom. The minimum Gasteiger partial charge on any atom is -0.411 e. The van der Waals surface area contributed by atoms with Gasteiger partial charge in [0.25, 0.3) is 0 Å². The number of allylic oxidation sites excluding steroid dienone is 2. The minimum atomic E-state index is -0.164. The maximum Gasteiger partial charge on any atom is 0.171 e. The van der Waals surface area contributed by atoms with Gasteiger partial charge in [-0.3, -0.25) is 9.69 Å². The lowest BCUT2D eigenvalue weighted by Crippen LogP contribution is -3.19. The Labute approximate surface area is 142 Å². The summed E-state index contributed by atoms with van der Waals surface area (Å²) in [5, 5.41) is 13.2. The third-order valence-electron chi connectivity index (χ3n) is 6.09. The average molecular weight is 325 g/mol. The summed E-state index contributed by atoms with van der Waals surface area (Å²) in [5.74, 6) is 0.141. The topological polar surface area (TPSA) is 54.1 Å². The first-order chi connectivity index (χ1) is 11.4. The second-order valence-electron chi connectivity index (χ2n) is 8.49. The molecule has 0 saturated carbocycles. The van der Waals surface area contributed by atoms with Gasteiger partial charge in [-0.05, 0) is 17.9 Å². The molecule has 126 valence electrons. The van der Waals surface area contributed by atoms with Gasteiger partial charge in [-0.2, -0.15) is 0 Å². The molecule has 4 heteroatoms. The fourth-order valence-corrected chi connectivity index (χ4v) is 5.08. The molecule has 0 amide bonds. The van der Waals surface area contributed by atoms with Crippen molar-refractivity contribution in [3.8, 4) is 0 Å². The molecule has 0 bridgehead atoms. The van der Waals surface area contributed by atoms with Crippen LogP contribution in [0.2, 0.25) is 0 Å². The van der Waals surface area contributed by atoms with Crippen molar-refractivity contribution in [2.75, 3.05) is 6.54 Å². The molecule has 2 unspecified atom stereocenters. The van der Waals surface area contributed by atoms with Crippen LogP contribution >= 0.6 is 0 Å². The first kappa shape index (κ1) is 15.6. The molecule has 3 aliphatic rings. The van der Waals surface area contributed by atoms with Gasteiger partial charge in [-0.1, -0.05) is 43.3 Å². The number of carbonyl (C=O) groups excluding carboxylic acids is 1. The predicted octanol–water partition coefficient (Wildman–Crippen LogP) is 2.22. The van der Waals surface area contributed by atoms with E-state index in [4.69, 9.17) is 0 Å². The Kier molecular flexibility index (Phi) is 3.26. The van der Waals surface area contributed by atoms with Crippen LogP contribution < -0.4 is 4.90 Å². The van der Waals surface area contributed by atoms with Crippen molar-refractivity contribution in [3.05, 3.63) is 46.7 Å². The third kappa shape index (κ3) is 2.09. The van der Waals surface area contributed by atoms with Gasteiger partial charge in [0.1, 0.15) is 16.9 Å². The lowest BCUT2D eigenvalue weighted by molar-refractivity contribution is -0.928. The van der Waals surface area contributed by atoms with E-state index in [1.165, 1.54) is 16.0 Å². The number of Topliss-reactive ketones (excluding diaryl/α,β-unsaturated/α-hetero) is 1. The molecule has 2 heterocycles. The molecule has 1 aromatic carbocycles. The molecule has 4 nitrogen and oxygen atoms in total. The van der Waals surface area contributed by atoms with Gasteiger partial charge in [0.2, 0.25) is 0 Å². The molecular weight excluding hydrogens is 300 g/mol. The van der Waals surface area contributed by atoms with E-state index in [9.17, 15) is 10.0 Å². The minimum absolute atomic E-state index is 0.0291. The molecule has 0 spiro atoms. The predicted molar refractivity (Wildman–Crippen MR) is 92.2 cm³/mol. The van der Waals surface area contributed by atoms with Crippen molar-refractivity contribution in [2.24, 2.45) is 10.6 Å². The van der Waals surface area contributed by atoms with Crippen LogP contribution in [-0.2, 0) is 16.8 Å². The molecule has 0 aromatic heterocycles. The van der Waals surface area contributed by atoms with E-state index >= 15 is 0 Å². The molecular formula is C20H25N2O2+. The van der Waals surface area contributed by atoms with Crippen LogP contribution in [0.3, 0.4) is 0 Å². The first-order valence-corrected chi connectivity index (χ1v) is 8.78. The maximum absolute atomic E-state index is 12.8. The van der Waals surface area contributed by atoms with Crippen LogP contribution in [0.15, 0.2) is 40.7 Å². The highest BCUT2D eigenvalue weighted by atomic mass is 16.4. The molecule has 0 saturated heterocycles. The standard InChI is InChI=1S/C20H24N2O2/c1-19(2)11-16-18(17(23)12-19)15(21-24)10-20(3)14-7-5-4-6-13(14)8-9-22(16)20/h4-7,24H,8-12H2,1-3H3/p+1. The monoisotopic (exact) mass is 325 g/mol. The number of hydrogen-bond donors (Lipinski definition) is 2. The van der Waals surface area contributed by atoms with Gasteiger partial charge in [-0.15, -0.1) is 0 Å². The van der Waals surface area contributed by atoms with E-state index in [0.717, 1.165) is 25.1 Å². The molecule has 4 rings (SSSR count). The van der Waals surface area contributed by atoms with E-state index in [-0.39, 0.29) is 16.7 Å². The Bertz CT molecular complexity index is 791. The van der Waals surface area contributed by atoms with Gasteiger partial charge >= 0.3 is 0 Å². The number of nitrogens with one attached hydrogen (secondary N) is 1. The van der Waals surface area contributed by atoms with Crippen molar-refractivity contribution in [3.63, 3.8) is 0 Å². The van der Waals surface area contributed by atoms with Crippen LogP contribution in [-0.4, -0.2) is 23.2 Å². The Balaban J connectivity index is 1.93. The molecule has 1 aliphatic carbocycles. The Morgan fingerprint density at radius 1 is 1.12 bits per heavy atom. The van der Waals surface area contributed by atoms with E-state index in [1.807, 2.05) is 0 Å². The van der Waals surface area contributed by atoms with Crippen LogP contribution in [0, 0.1) is 5.41 Å². The number of quaternary nitrogens is 1. The number of rotatable bonds is 0. The fraction of sp³-hybridized carbons (Fsp3) is 0.500. The Morgan fingerprint density at radius 2 is 1.88 bits per heavy atom. The summed E-state index contributed by atoms with van der Waals surface area (Å²) in [6, 6.07) is 8.58. The van der Waals surface area contributed by atoms with E-state index < -0.39 is 0 Å². The number of nitrogens with zero attached hydrogens (tertiary/aromatic N) is 1. The van der Waals surface area contributed by atoms with Crippen LogP contribution in [0.4, 0.5) is 0 Å². The van der Waals surface area contributed by atoms with E-state index in [1.54, 1.807) is 0 Å². The highest BCUT2D eigenvalue weighted by molar-refractivity contribution is 6.23. The van der Waals surface area contributed by atoms with Gasteiger partial charge in [-0.25, -0.2) is 0 Å². The fourth-order valence-electron chi connectivity index (χ4n) is 5.08. The number of benzene rings is 1. The summed E-state index contributed by atoms with van der Waals surface area (Å²) < 4.78 is 0. The molecule has 2 atom stereocenters. The third-order valence-corrected chi connectivity index (χ3v) is 6.09. The maximum atomic E-state index is 12.8. The van der Waals surface area contributed by atoms with Crippen molar-refractivity contribution in [2.45, 2.75) is 52.0 Å². The van der Waals surface area contributed by atoms with Crippen molar-refractivity contribution in [1.82, 2.24) is 0 Å². The molecule has 0 fully saturated rings.